The number of amides is 3. The zero-order chi connectivity index (χ0) is 26.2. The van der Waals surface area contributed by atoms with E-state index in [1.807, 2.05) is 52.8 Å². The van der Waals surface area contributed by atoms with Crippen LogP contribution >= 0.6 is 0 Å². The van der Waals surface area contributed by atoms with Gasteiger partial charge in [-0.3, -0.25) is 9.59 Å². The number of rotatable bonds is 10. The van der Waals surface area contributed by atoms with Crippen molar-refractivity contribution in [2.45, 2.75) is 105 Å². The first-order chi connectivity index (χ1) is 15.7. The van der Waals surface area contributed by atoms with Crippen molar-refractivity contribution in [1.82, 2.24) is 15.5 Å². The molecule has 0 saturated heterocycles. The van der Waals surface area contributed by atoms with Gasteiger partial charge in [-0.15, -0.1) is 0 Å². The molecular formula is C27H45N3O4. The van der Waals surface area contributed by atoms with E-state index in [9.17, 15) is 14.4 Å². The van der Waals surface area contributed by atoms with Gasteiger partial charge < -0.3 is 20.3 Å². The molecule has 4 unspecified atom stereocenters. The number of hydrogen-bond donors (Lipinski definition) is 2. The molecule has 0 spiro atoms. The molecule has 0 aromatic heterocycles. The van der Waals surface area contributed by atoms with Gasteiger partial charge in [0.1, 0.15) is 17.7 Å². The fourth-order valence-electron chi connectivity index (χ4n) is 3.89. The van der Waals surface area contributed by atoms with Gasteiger partial charge in [0.25, 0.3) is 0 Å². The average molecular weight is 476 g/mol. The highest BCUT2D eigenvalue weighted by Crippen LogP contribution is 2.27. The Kier molecular flexibility index (Phi) is 11.1. The highest BCUT2D eigenvalue weighted by molar-refractivity contribution is 5.92. The third-order valence-electron chi connectivity index (χ3n) is 6.19. The van der Waals surface area contributed by atoms with E-state index in [4.69, 9.17) is 4.74 Å². The largest absolute Gasteiger partial charge is 0.444 e. The van der Waals surface area contributed by atoms with Gasteiger partial charge in [-0.25, -0.2) is 4.79 Å². The second-order valence-corrected chi connectivity index (χ2v) is 10.3. The summed E-state index contributed by atoms with van der Waals surface area (Å²) in [6, 6.07) is 4.12. The van der Waals surface area contributed by atoms with E-state index in [2.05, 4.69) is 17.6 Å². The Hall–Kier alpha value is -2.57. The van der Waals surface area contributed by atoms with Gasteiger partial charge >= 0.3 is 6.09 Å². The lowest BCUT2D eigenvalue weighted by atomic mass is 9.93. The quantitative estimate of drug-likeness (QED) is 0.496. The second-order valence-electron chi connectivity index (χ2n) is 10.3. The molecule has 0 radical (unpaired) electrons. The number of nitrogens with zero attached hydrogens (tertiary/aromatic N) is 1. The first kappa shape index (κ1) is 29.5. The monoisotopic (exact) mass is 475 g/mol. The molecule has 7 nitrogen and oxygen atoms in total. The molecule has 0 bridgehead atoms. The molecule has 1 rings (SSSR count). The van der Waals surface area contributed by atoms with Crippen molar-refractivity contribution < 1.29 is 19.1 Å². The van der Waals surface area contributed by atoms with E-state index in [1.165, 1.54) is 4.90 Å². The molecule has 4 atom stereocenters. The van der Waals surface area contributed by atoms with E-state index >= 15 is 0 Å². The summed E-state index contributed by atoms with van der Waals surface area (Å²) in [6.07, 6.45) is 1.82. The van der Waals surface area contributed by atoms with Crippen molar-refractivity contribution >= 4 is 17.9 Å². The van der Waals surface area contributed by atoms with Crippen molar-refractivity contribution in [3.8, 4) is 0 Å². The summed E-state index contributed by atoms with van der Waals surface area (Å²) >= 11 is 0. The minimum Gasteiger partial charge on any atom is -0.444 e. The molecule has 192 valence electrons. The van der Waals surface area contributed by atoms with Crippen LogP contribution in [0.25, 0.3) is 0 Å². The van der Waals surface area contributed by atoms with Crippen LogP contribution in [0.3, 0.4) is 0 Å². The predicted molar refractivity (Wildman–Crippen MR) is 137 cm³/mol. The van der Waals surface area contributed by atoms with Crippen LogP contribution in [0.4, 0.5) is 4.79 Å². The van der Waals surface area contributed by atoms with Gasteiger partial charge in [0, 0.05) is 13.1 Å². The Morgan fingerprint density at radius 1 is 1.06 bits per heavy atom. The molecule has 0 saturated carbocycles. The summed E-state index contributed by atoms with van der Waals surface area (Å²) in [5.74, 6) is -0.709. The van der Waals surface area contributed by atoms with E-state index in [0.717, 1.165) is 29.5 Å². The zero-order valence-corrected chi connectivity index (χ0v) is 22.7. The number of alkyl carbamates (subject to hydrolysis) is 1. The van der Waals surface area contributed by atoms with Crippen molar-refractivity contribution in [2.75, 3.05) is 7.05 Å². The Labute approximate surface area is 206 Å². The summed E-state index contributed by atoms with van der Waals surface area (Å²) in [5, 5.41) is 5.82. The average Bonchev–Trinajstić information content (AvgIpc) is 2.72. The van der Waals surface area contributed by atoms with Gasteiger partial charge in [-0.2, -0.15) is 0 Å². The summed E-state index contributed by atoms with van der Waals surface area (Å²) in [4.78, 5) is 41.2. The van der Waals surface area contributed by atoms with Crippen LogP contribution in [-0.2, 0) is 14.3 Å². The van der Waals surface area contributed by atoms with E-state index in [-0.39, 0.29) is 23.8 Å². The molecule has 0 fully saturated rings. The third kappa shape index (κ3) is 8.33. The molecule has 3 amide bonds. The van der Waals surface area contributed by atoms with Crippen molar-refractivity contribution in [2.24, 2.45) is 5.92 Å². The molecule has 2 N–H and O–H groups in total. The Balaban J connectivity index is 3.37. The van der Waals surface area contributed by atoms with Gasteiger partial charge in [0.05, 0.1) is 0 Å². The molecule has 1 aromatic carbocycles. The standard InChI is InChI=1S/C27H45N3O4/c1-11-14-19(5)28-24(31)23(21-16-13-15-18(4)20(21)6)30(10)25(32)22(17(3)12-2)29-26(33)34-27(7,8)9/h13,15-17,19,22-23H,11-12,14H2,1-10H3,(H,28,31)(H,29,33). The number of nitrogens with one attached hydrogen (secondary N) is 2. The number of hydrogen-bond acceptors (Lipinski definition) is 4. The molecule has 0 aliphatic carbocycles. The second kappa shape index (κ2) is 12.8. The molecule has 0 aliphatic rings. The van der Waals surface area contributed by atoms with Crippen LogP contribution < -0.4 is 10.6 Å². The fourth-order valence-corrected chi connectivity index (χ4v) is 3.89. The summed E-state index contributed by atoms with van der Waals surface area (Å²) in [6.45, 7) is 17.2. The number of aryl methyl sites for hydroxylation is 1. The van der Waals surface area contributed by atoms with Crippen LogP contribution in [0.5, 0.6) is 0 Å². The topological polar surface area (TPSA) is 87.7 Å². The maximum absolute atomic E-state index is 13.7. The zero-order valence-electron chi connectivity index (χ0n) is 22.7. The van der Waals surface area contributed by atoms with E-state index in [1.54, 1.807) is 27.8 Å². The maximum Gasteiger partial charge on any atom is 0.408 e. The van der Waals surface area contributed by atoms with Crippen molar-refractivity contribution in [3.63, 3.8) is 0 Å². The van der Waals surface area contributed by atoms with Gasteiger partial charge in [0.2, 0.25) is 11.8 Å². The van der Waals surface area contributed by atoms with Crippen LogP contribution in [0.15, 0.2) is 18.2 Å². The number of carbonyl (C=O) groups excluding carboxylic acids is 3. The van der Waals surface area contributed by atoms with Crippen LogP contribution in [-0.4, -0.2) is 47.5 Å². The van der Waals surface area contributed by atoms with E-state index < -0.39 is 23.8 Å². The third-order valence-corrected chi connectivity index (χ3v) is 6.19. The van der Waals surface area contributed by atoms with Crippen LogP contribution in [0.1, 0.15) is 90.5 Å². The number of ether oxygens (including phenoxy) is 1. The normalized spacial score (nSPS) is 15.0. The highest BCUT2D eigenvalue weighted by atomic mass is 16.6. The molecule has 0 heterocycles. The molecule has 7 heteroatoms. The fraction of sp³-hybridized carbons (Fsp3) is 0.667. The Morgan fingerprint density at radius 3 is 2.21 bits per heavy atom. The SMILES string of the molecule is CCCC(C)NC(=O)C(c1cccc(C)c1C)N(C)C(=O)C(NC(=O)OC(C)(C)C)C(C)CC. The molecule has 34 heavy (non-hydrogen) atoms. The number of likely N-dealkylation sites (N-methyl/N-ethyl adjacent to an activating group) is 1. The van der Waals surface area contributed by atoms with Crippen molar-refractivity contribution in [3.05, 3.63) is 34.9 Å². The summed E-state index contributed by atoms with van der Waals surface area (Å²) in [7, 11) is 1.63. The Morgan fingerprint density at radius 2 is 1.68 bits per heavy atom. The molecular weight excluding hydrogens is 430 g/mol. The Bertz CT molecular complexity index is 847. The first-order valence-electron chi connectivity index (χ1n) is 12.4. The summed E-state index contributed by atoms with van der Waals surface area (Å²) in [5.41, 5.74) is 2.10. The van der Waals surface area contributed by atoms with E-state index in [0.29, 0.717) is 6.42 Å². The lowest BCUT2D eigenvalue weighted by Crippen LogP contribution is -2.54. The van der Waals surface area contributed by atoms with Crippen molar-refractivity contribution in [1.29, 1.82) is 0 Å². The van der Waals surface area contributed by atoms with Crippen LogP contribution in [0.2, 0.25) is 0 Å². The lowest BCUT2D eigenvalue weighted by molar-refractivity contribution is -0.142. The highest BCUT2D eigenvalue weighted by Gasteiger charge is 2.37. The maximum atomic E-state index is 13.7. The van der Waals surface area contributed by atoms with Gasteiger partial charge in [-0.05, 0) is 70.6 Å². The summed E-state index contributed by atoms with van der Waals surface area (Å²) < 4.78 is 5.40. The van der Waals surface area contributed by atoms with Gasteiger partial charge in [-0.1, -0.05) is 51.8 Å². The minimum absolute atomic E-state index is 0.0149. The smallest absolute Gasteiger partial charge is 0.408 e. The lowest BCUT2D eigenvalue weighted by Gasteiger charge is -2.34. The molecule has 0 aliphatic heterocycles. The molecule has 1 aromatic rings. The van der Waals surface area contributed by atoms with Gasteiger partial charge in [0.15, 0.2) is 0 Å². The number of carbonyl (C=O) groups is 3. The minimum atomic E-state index is -0.821. The van der Waals surface area contributed by atoms with Crippen LogP contribution in [0, 0.1) is 19.8 Å². The first-order valence-corrected chi connectivity index (χ1v) is 12.4. The number of benzene rings is 1. The predicted octanol–water partition coefficient (Wildman–Crippen LogP) is 5.05.